The highest BCUT2D eigenvalue weighted by atomic mass is 19.1. The quantitative estimate of drug-likeness (QED) is 0.787. The summed E-state index contributed by atoms with van der Waals surface area (Å²) in [4.78, 5) is 15.2. The van der Waals surface area contributed by atoms with Gasteiger partial charge in [0.15, 0.2) is 17.3 Å². The zero-order chi connectivity index (χ0) is 14.5. The molecule has 5 heteroatoms. The summed E-state index contributed by atoms with van der Waals surface area (Å²) < 4.78 is 24.3. The predicted molar refractivity (Wildman–Crippen MR) is 71.5 cm³/mol. The average molecular weight is 275 g/mol. The Balaban J connectivity index is 2.13. The van der Waals surface area contributed by atoms with Crippen LogP contribution in [-0.4, -0.2) is 17.9 Å². The Morgan fingerprint density at radius 3 is 2.80 bits per heavy atom. The van der Waals surface area contributed by atoms with Crippen LogP contribution in [0.5, 0.6) is 11.6 Å². The summed E-state index contributed by atoms with van der Waals surface area (Å²) in [5.74, 6) is -0.237. The summed E-state index contributed by atoms with van der Waals surface area (Å²) in [5.41, 5.74) is 1.03. The summed E-state index contributed by atoms with van der Waals surface area (Å²) in [5, 5.41) is 0. The average Bonchev–Trinajstić information content (AvgIpc) is 2.46. The molecule has 0 amide bonds. The Morgan fingerprint density at radius 1 is 1.35 bits per heavy atom. The molecule has 0 spiro atoms. The Bertz CT molecular complexity index is 628. The summed E-state index contributed by atoms with van der Waals surface area (Å²) in [6.45, 7) is 1.52. The molecule has 0 radical (unpaired) electrons. The van der Waals surface area contributed by atoms with Crippen molar-refractivity contribution in [1.82, 2.24) is 4.98 Å². The number of methoxy groups -OCH3 is 1. The zero-order valence-corrected chi connectivity index (χ0v) is 11.2. The van der Waals surface area contributed by atoms with E-state index in [1.807, 2.05) is 0 Å². The summed E-state index contributed by atoms with van der Waals surface area (Å²) >= 11 is 0. The largest absolute Gasteiger partial charge is 0.486 e. The van der Waals surface area contributed by atoms with Crippen molar-refractivity contribution in [2.75, 3.05) is 7.11 Å². The van der Waals surface area contributed by atoms with Crippen molar-refractivity contribution in [2.45, 2.75) is 13.5 Å². The lowest BCUT2D eigenvalue weighted by atomic mass is 10.1. The molecule has 2 rings (SSSR count). The molecule has 0 aliphatic carbocycles. The third-order valence-corrected chi connectivity index (χ3v) is 2.76. The van der Waals surface area contributed by atoms with Gasteiger partial charge in [-0.1, -0.05) is 0 Å². The molecular weight excluding hydrogens is 261 g/mol. The fourth-order valence-electron chi connectivity index (χ4n) is 1.71. The maximum Gasteiger partial charge on any atom is 0.219 e. The molecule has 0 saturated carbocycles. The summed E-state index contributed by atoms with van der Waals surface area (Å²) in [6.07, 6.45) is 1.60. The van der Waals surface area contributed by atoms with Gasteiger partial charge in [-0.3, -0.25) is 4.79 Å². The number of Topliss-reactive ketones (excluding diaryl/α,β-unsaturated/α-hetero) is 1. The number of carbonyl (C=O) groups excluding carboxylic acids is 1. The minimum Gasteiger partial charge on any atom is -0.486 e. The van der Waals surface area contributed by atoms with E-state index in [0.717, 1.165) is 6.07 Å². The number of carbonyl (C=O) groups is 1. The lowest BCUT2D eigenvalue weighted by molar-refractivity contribution is 0.101. The second-order valence-corrected chi connectivity index (χ2v) is 4.16. The van der Waals surface area contributed by atoms with E-state index in [0.29, 0.717) is 17.0 Å². The molecule has 1 heterocycles. The molecule has 2 aromatic rings. The standard InChI is InChI=1S/C15H14FNO3/c1-10(18)11-5-6-14(13(16)8-11)20-9-12-4-3-7-17-15(12)19-2/h3-8H,9H2,1-2H3. The van der Waals surface area contributed by atoms with Crippen molar-refractivity contribution < 1.29 is 18.7 Å². The van der Waals surface area contributed by atoms with E-state index in [2.05, 4.69) is 4.98 Å². The molecule has 0 N–H and O–H groups in total. The van der Waals surface area contributed by atoms with E-state index >= 15 is 0 Å². The highest BCUT2D eigenvalue weighted by Gasteiger charge is 2.09. The molecule has 0 bridgehead atoms. The maximum atomic E-state index is 13.8. The van der Waals surface area contributed by atoms with Crippen molar-refractivity contribution in [1.29, 1.82) is 0 Å². The fourth-order valence-corrected chi connectivity index (χ4v) is 1.71. The molecule has 104 valence electrons. The van der Waals surface area contributed by atoms with Gasteiger partial charge in [0, 0.05) is 11.8 Å². The second-order valence-electron chi connectivity index (χ2n) is 4.16. The van der Waals surface area contributed by atoms with Gasteiger partial charge in [0.05, 0.1) is 12.7 Å². The third-order valence-electron chi connectivity index (χ3n) is 2.76. The first-order valence-corrected chi connectivity index (χ1v) is 6.03. The third kappa shape index (κ3) is 3.12. The summed E-state index contributed by atoms with van der Waals surface area (Å²) in [7, 11) is 1.51. The van der Waals surface area contributed by atoms with E-state index in [1.165, 1.54) is 26.2 Å². The number of halogens is 1. The zero-order valence-electron chi connectivity index (χ0n) is 11.2. The van der Waals surface area contributed by atoms with E-state index in [9.17, 15) is 9.18 Å². The smallest absolute Gasteiger partial charge is 0.219 e. The van der Waals surface area contributed by atoms with Gasteiger partial charge >= 0.3 is 0 Å². The number of ketones is 1. The number of hydrogen-bond donors (Lipinski definition) is 0. The lowest BCUT2D eigenvalue weighted by Crippen LogP contribution is -2.02. The van der Waals surface area contributed by atoms with Gasteiger partial charge < -0.3 is 9.47 Å². The highest BCUT2D eigenvalue weighted by molar-refractivity contribution is 5.94. The number of nitrogens with zero attached hydrogens (tertiary/aromatic N) is 1. The van der Waals surface area contributed by atoms with Gasteiger partial charge in [-0.15, -0.1) is 0 Å². The molecule has 0 saturated heterocycles. The van der Waals surface area contributed by atoms with Crippen LogP contribution in [0.4, 0.5) is 4.39 Å². The van der Waals surface area contributed by atoms with Crippen molar-refractivity contribution in [3.05, 3.63) is 53.5 Å². The minimum absolute atomic E-state index is 0.0842. The van der Waals surface area contributed by atoms with Crippen LogP contribution in [0.2, 0.25) is 0 Å². The van der Waals surface area contributed by atoms with Gasteiger partial charge in [-0.05, 0) is 37.3 Å². The molecule has 0 unspecified atom stereocenters. The summed E-state index contributed by atoms with van der Waals surface area (Å²) in [6, 6.07) is 7.67. The first-order valence-electron chi connectivity index (χ1n) is 6.03. The number of ether oxygens (including phenoxy) is 2. The van der Waals surface area contributed by atoms with E-state index in [4.69, 9.17) is 9.47 Å². The molecular formula is C15H14FNO3. The molecule has 0 aliphatic rings. The van der Waals surface area contributed by atoms with Crippen LogP contribution in [0.15, 0.2) is 36.5 Å². The van der Waals surface area contributed by atoms with Crippen LogP contribution >= 0.6 is 0 Å². The molecule has 0 atom stereocenters. The Hall–Kier alpha value is -2.43. The van der Waals surface area contributed by atoms with Crippen LogP contribution in [0, 0.1) is 5.82 Å². The number of pyridine rings is 1. The van der Waals surface area contributed by atoms with Crippen LogP contribution < -0.4 is 9.47 Å². The predicted octanol–water partition coefficient (Wildman–Crippen LogP) is 3.01. The Morgan fingerprint density at radius 2 is 2.15 bits per heavy atom. The molecule has 1 aromatic carbocycles. The van der Waals surface area contributed by atoms with Gasteiger partial charge in [0.25, 0.3) is 0 Å². The van der Waals surface area contributed by atoms with Crippen molar-refractivity contribution in [2.24, 2.45) is 0 Å². The Kier molecular flexibility index (Phi) is 4.30. The molecule has 0 fully saturated rings. The SMILES string of the molecule is COc1ncccc1COc1ccc(C(C)=O)cc1F. The topological polar surface area (TPSA) is 48.4 Å². The van der Waals surface area contributed by atoms with E-state index < -0.39 is 5.82 Å². The molecule has 20 heavy (non-hydrogen) atoms. The molecule has 4 nitrogen and oxygen atoms in total. The number of aromatic nitrogens is 1. The van der Waals surface area contributed by atoms with Crippen molar-refractivity contribution in [3.8, 4) is 11.6 Å². The number of hydrogen-bond acceptors (Lipinski definition) is 4. The van der Waals surface area contributed by atoms with Crippen LogP contribution in [0.3, 0.4) is 0 Å². The van der Waals surface area contributed by atoms with E-state index in [-0.39, 0.29) is 18.1 Å². The minimum atomic E-state index is -0.569. The number of benzene rings is 1. The van der Waals surface area contributed by atoms with Crippen LogP contribution in [-0.2, 0) is 6.61 Å². The van der Waals surface area contributed by atoms with Crippen molar-refractivity contribution >= 4 is 5.78 Å². The number of rotatable bonds is 5. The Labute approximate surface area is 116 Å². The molecule has 0 aliphatic heterocycles. The second kappa shape index (κ2) is 6.14. The van der Waals surface area contributed by atoms with Crippen LogP contribution in [0.1, 0.15) is 22.8 Å². The first-order chi connectivity index (χ1) is 9.61. The maximum absolute atomic E-state index is 13.8. The van der Waals surface area contributed by atoms with Gasteiger partial charge in [0.1, 0.15) is 6.61 Å². The van der Waals surface area contributed by atoms with Crippen molar-refractivity contribution in [3.63, 3.8) is 0 Å². The normalized spacial score (nSPS) is 10.2. The first kappa shape index (κ1) is 14.0. The van der Waals surface area contributed by atoms with Crippen LogP contribution in [0.25, 0.3) is 0 Å². The highest BCUT2D eigenvalue weighted by Crippen LogP contribution is 2.22. The molecule has 1 aromatic heterocycles. The van der Waals surface area contributed by atoms with Gasteiger partial charge in [-0.2, -0.15) is 0 Å². The fraction of sp³-hybridized carbons (Fsp3) is 0.200. The monoisotopic (exact) mass is 275 g/mol. The van der Waals surface area contributed by atoms with E-state index in [1.54, 1.807) is 18.3 Å². The van der Waals surface area contributed by atoms with Gasteiger partial charge in [0.2, 0.25) is 5.88 Å². The lowest BCUT2D eigenvalue weighted by Gasteiger charge is -2.10. The van der Waals surface area contributed by atoms with Gasteiger partial charge in [-0.25, -0.2) is 9.37 Å².